The summed E-state index contributed by atoms with van der Waals surface area (Å²) in [5, 5.41) is 12.1. The van der Waals surface area contributed by atoms with E-state index < -0.39 is 5.97 Å². The van der Waals surface area contributed by atoms with Crippen LogP contribution in [0.2, 0.25) is 0 Å². The Kier molecular flexibility index (Phi) is 4.76. The lowest BCUT2D eigenvalue weighted by molar-refractivity contribution is -0.143. The molecule has 0 aromatic rings. The minimum atomic E-state index is -0.747. The Balaban J connectivity index is 1.85. The molecular formula is C15H27N3O3. The Hall–Kier alpha value is -1.30. The molecule has 2 atom stereocenters. The number of likely N-dealkylation sites (N-methyl/N-ethyl adjacent to an activating group) is 1. The van der Waals surface area contributed by atoms with E-state index in [1.54, 1.807) is 4.90 Å². The van der Waals surface area contributed by atoms with Crippen molar-refractivity contribution in [3.05, 3.63) is 0 Å². The number of carboxylic acid groups (broad SMARTS) is 1. The number of nitrogens with one attached hydrogen (secondary N) is 1. The van der Waals surface area contributed by atoms with Gasteiger partial charge in [0.2, 0.25) is 0 Å². The number of likely N-dealkylation sites (tertiary alicyclic amines) is 1. The first-order valence-electron chi connectivity index (χ1n) is 7.80. The zero-order chi connectivity index (χ0) is 15.6. The van der Waals surface area contributed by atoms with Gasteiger partial charge in [-0.3, -0.25) is 4.79 Å². The van der Waals surface area contributed by atoms with Gasteiger partial charge < -0.3 is 20.2 Å². The predicted octanol–water partition coefficient (Wildman–Crippen LogP) is 1.37. The first-order chi connectivity index (χ1) is 9.85. The lowest BCUT2D eigenvalue weighted by Gasteiger charge is -2.48. The number of carboxylic acids is 1. The molecule has 1 aliphatic carbocycles. The van der Waals surface area contributed by atoms with Gasteiger partial charge in [-0.25, -0.2) is 4.79 Å². The molecule has 2 amide bonds. The summed E-state index contributed by atoms with van der Waals surface area (Å²) in [6, 6.07) is -0.0731. The van der Waals surface area contributed by atoms with Crippen molar-refractivity contribution < 1.29 is 14.7 Å². The minimum Gasteiger partial charge on any atom is -0.481 e. The van der Waals surface area contributed by atoms with Crippen molar-refractivity contribution in [2.24, 2.45) is 5.92 Å². The Morgan fingerprint density at radius 1 is 1.38 bits per heavy atom. The van der Waals surface area contributed by atoms with Crippen LogP contribution in [0, 0.1) is 5.92 Å². The number of carbonyl (C=O) groups is 2. The fraction of sp³-hybridized carbons (Fsp3) is 0.867. The number of amides is 2. The summed E-state index contributed by atoms with van der Waals surface area (Å²) in [4.78, 5) is 27.4. The van der Waals surface area contributed by atoms with Gasteiger partial charge in [0.25, 0.3) is 0 Å². The van der Waals surface area contributed by atoms with Gasteiger partial charge in [0.15, 0.2) is 0 Å². The van der Waals surface area contributed by atoms with E-state index in [9.17, 15) is 9.59 Å². The summed E-state index contributed by atoms with van der Waals surface area (Å²) in [5.74, 6) is -1.06. The lowest BCUT2D eigenvalue weighted by atomic mass is 9.75. The monoisotopic (exact) mass is 297 g/mol. The third-order valence-electron chi connectivity index (χ3n) is 5.29. The largest absolute Gasteiger partial charge is 0.481 e. The number of hydrogen-bond acceptors (Lipinski definition) is 3. The highest BCUT2D eigenvalue weighted by Gasteiger charge is 2.40. The molecule has 2 unspecified atom stereocenters. The molecule has 6 nitrogen and oxygen atoms in total. The van der Waals surface area contributed by atoms with E-state index in [1.807, 2.05) is 6.92 Å². The smallest absolute Gasteiger partial charge is 0.317 e. The molecule has 1 aliphatic heterocycles. The summed E-state index contributed by atoms with van der Waals surface area (Å²) in [6.07, 6.45) is 4.55. The highest BCUT2D eigenvalue weighted by atomic mass is 16.4. The molecule has 1 heterocycles. The minimum absolute atomic E-state index is 0.0171. The summed E-state index contributed by atoms with van der Waals surface area (Å²) in [7, 11) is 4.12. The van der Waals surface area contributed by atoms with Gasteiger partial charge in [-0.1, -0.05) is 0 Å². The summed E-state index contributed by atoms with van der Waals surface area (Å²) < 4.78 is 0. The van der Waals surface area contributed by atoms with Gasteiger partial charge in [0, 0.05) is 24.7 Å². The second kappa shape index (κ2) is 6.22. The molecule has 2 aliphatic rings. The average molecular weight is 297 g/mol. The number of nitrogens with zero attached hydrogens (tertiary/aromatic N) is 2. The van der Waals surface area contributed by atoms with Gasteiger partial charge in [-0.05, 0) is 53.1 Å². The van der Waals surface area contributed by atoms with Crippen molar-refractivity contribution in [1.82, 2.24) is 15.1 Å². The molecule has 1 saturated carbocycles. The summed E-state index contributed by atoms with van der Waals surface area (Å²) in [6.45, 7) is 3.13. The SMILES string of the molecule is CC1CC(C(=O)O)CCN1C(=O)NCC1(N(C)C)CCC1. The standard InChI is InChI=1S/C15H27N3O3/c1-11-9-12(13(19)20)5-8-18(11)14(21)16-10-15(17(2)3)6-4-7-15/h11-12H,4-10H2,1-3H3,(H,16,21)(H,19,20). The van der Waals surface area contributed by atoms with Crippen LogP contribution in [0.4, 0.5) is 4.79 Å². The Labute approximate surface area is 126 Å². The Morgan fingerprint density at radius 3 is 2.48 bits per heavy atom. The molecular weight excluding hydrogens is 270 g/mol. The second-order valence-corrected chi connectivity index (χ2v) is 6.73. The van der Waals surface area contributed by atoms with Crippen molar-refractivity contribution in [2.45, 2.75) is 50.6 Å². The first-order valence-corrected chi connectivity index (χ1v) is 7.80. The normalized spacial score (nSPS) is 28.1. The Morgan fingerprint density at radius 2 is 2.05 bits per heavy atom. The molecule has 0 aromatic heterocycles. The number of hydrogen-bond donors (Lipinski definition) is 2. The van der Waals surface area contributed by atoms with Crippen LogP contribution in [0.1, 0.15) is 39.0 Å². The number of piperidine rings is 1. The Bertz CT molecular complexity index is 407. The third kappa shape index (κ3) is 3.31. The van der Waals surface area contributed by atoms with Crippen molar-refractivity contribution >= 4 is 12.0 Å². The fourth-order valence-electron chi connectivity index (χ4n) is 3.41. The van der Waals surface area contributed by atoms with E-state index in [0.717, 1.165) is 12.8 Å². The van der Waals surface area contributed by atoms with Crippen LogP contribution in [-0.2, 0) is 4.79 Å². The number of aliphatic carboxylic acids is 1. The van der Waals surface area contributed by atoms with Gasteiger partial charge in [-0.2, -0.15) is 0 Å². The molecule has 120 valence electrons. The van der Waals surface area contributed by atoms with Gasteiger partial charge in [0.1, 0.15) is 0 Å². The molecule has 0 radical (unpaired) electrons. The van der Waals surface area contributed by atoms with Crippen molar-refractivity contribution in [2.75, 3.05) is 27.2 Å². The molecule has 21 heavy (non-hydrogen) atoms. The van der Waals surface area contributed by atoms with Crippen LogP contribution < -0.4 is 5.32 Å². The number of carbonyl (C=O) groups excluding carboxylic acids is 1. The van der Waals surface area contributed by atoms with Crippen LogP contribution in [-0.4, -0.2) is 65.7 Å². The molecule has 0 aromatic carbocycles. The van der Waals surface area contributed by atoms with Crippen LogP contribution in [0.5, 0.6) is 0 Å². The molecule has 1 saturated heterocycles. The third-order valence-corrected chi connectivity index (χ3v) is 5.29. The zero-order valence-corrected chi connectivity index (χ0v) is 13.3. The van der Waals surface area contributed by atoms with E-state index in [-0.39, 0.29) is 23.5 Å². The topological polar surface area (TPSA) is 72.9 Å². The molecule has 0 bridgehead atoms. The van der Waals surface area contributed by atoms with Crippen molar-refractivity contribution in [3.8, 4) is 0 Å². The van der Waals surface area contributed by atoms with Crippen molar-refractivity contribution in [1.29, 1.82) is 0 Å². The highest BCUT2D eigenvalue weighted by molar-refractivity contribution is 5.76. The van der Waals surface area contributed by atoms with Crippen molar-refractivity contribution in [3.63, 3.8) is 0 Å². The number of urea groups is 1. The fourth-order valence-corrected chi connectivity index (χ4v) is 3.41. The molecule has 6 heteroatoms. The predicted molar refractivity (Wildman–Crippen MR) is 80.2 cm³/mol. The second-order valence-electron chi connectivity index (χ2n) is 6.73. The quantitative estimate of drug-likeness (QED) is 0.822. The van der Waals surface area contributed by atoms with E-state index in [2.05, 4.69) is 24.3 Å². The maximum Gasteiger partial charge on any atom is 0.317 e. The maximum absolute atomic E-state index is 12.3. The van der Waals surface area contributed by atoms with Gasteiger partial charge >= 0.3 is 12.0 Å². The van der Waals surface area contributed by atoms with Crippen LogP contribution >= 0.6 is 0 Å². The van der Waals surface area contributed by atoms with Crippen LogP contribution in [0.3, 0.4) is 0 Å². The van der Waals surface area contributed by atoms with E-state index in [0.29, 0.717) is 25.9 Å². The number of rotatable bonds is 4. The van der Waals surface area contributed by atoms with Gasteiger partial charge in [0.05, 0.1) is 5.92 Å². The molecule has 2 N–H and O–H groups in total. The molecule has 2 fully saturated rings. The van der Waals surface area contributed by atoms with E-state index in [1.165, 1.54) is 6.42 Å². The van der Waals surface area contributed by atoms with E-state index in [4.69, 9.17) is 5.11 Å². The summed E-state index contributed by atoms with van der Waals surface area (Å²) >= 11 is 0. The lowest BCUT2D eigenvalue weighted by Crippen LogP contribution is -2.59. The van der Waals surface area contributed by atoms with Crippen LogP contribution in [0.15, 0.2) is 0 Å². The maximum atomic E-state index is 12.3. The molecule has 2 rings (SSSR count). The summed E-state index contributed by atoms with van der Waals surface area (Å²) in [5.41, 5.74) is 0.109. The molecule has 0 spiro atoms. The zero-order valence-electron chi connectivity index (χ0n) is 13.3. The first kappa shape index (κ1) is 16.1. The highest BCUT2D eigenvalue weighted by Crippen LogP contribution is 2.35. The van der Waals surface area contributed by atoms with Gasteiger partial charge in [-0.15, -0.1) is 0 Å². The average Bonchev–Trinajstić information content (AvgIpc) is 2.36. The van der Waals surface area contributed by atoms with Crippen LogP contribution in [0.25, 0.3) is 0 Å². The van der Waals surface area contributed by atoms with E-state index >= 15 is 0 Å².